The monoisotopic (exact) mass is 274 g/mol. The Morgan fingerprint density at radius 2 is 1.95 bits per heavy atom. The smallest absolute Gasteiger partial charge is 0.358 e. The fourth-order valence-electron chi connectivity index (χ4n) is 1.41. The van der Waals surface area contributed by atoms with E-state index in [1.54, 1.807) is 12.1 Å². The molecule has 0 aliphatic carbocycles. The molecular weight excluding hydrogens is 272 g/mol. The second kappa shape index (κ2) is 4.46. The van der Waals surface area contributed by atoms with Crippen LogP contribution in [0.25, 0.3) is 5.82 Å². The SMILES string of the molecule is N#Cc1cn(-c2n[nH]c([N+](=O)[O-])c2C#N)nc1[N+](=O)[O-]. The van der Waals surface area contributed by atoms with E-state index in [1.807, 2.05) is 5.10 Å². The molecule has 2 aromatic rings. The van der Waals surface area contributed by atoms with Crippen molar-refractivity contribution in [2.75, 3.05) is 0 Å². The van der Waals surface area contributed by atoms with E-state index in [2.05, 4.69) is 10.2 Å². The molecule has 0 atom stereocenters. The van der Waals surface area contributed by atoms with E-state index in [-0.39, 0.29) is 11.4 Å². The van der Waals surface area contributed by atoms with Gasteiger partial charge in [0.2, 0.25) is 5.82 Å². The molecule has 0 aliphatic heterocycles. The van der Waals surface area contributed by atoms with Gasteiger partial charge < -0.3 is 20.2 Å². The third kappa shape index (κ3) is 1.79. The highest BCUT2D eigenvalue weighted by Crippen LogP contribution is 2.23. The molecule has 0 saturated heterocycles. The standard InChI is InChI=1S/C8H2N8O4/c9-1-4-3-14(13-6(4)15(17)18)7-5(2-10)8(12-11-7)16(19)20/h3H,(H,11,12). The van der Waals surface area contributed by atoms with Crippen molar-refractivity contribution in [1.29, 1.82) is 10.5 Å². The molecule has 2 heterocycles. The molecule has 0 unspecified atom stereocenters. The molecule has 2 aromatic heterocycles. The van der Waals surface area contributed by atoms with Gasteiger partial charge in [-0.15, -0.1) is 9.78 Å². The fourth-order valence-corrected chi connectivity index (χ4v) is 1.41. The van der Waals surface area contributed by atoms with Crippen molar-refractivity contribution in [1.82, 2.24) is 20.0 Å². The molecule has 1 N–H and O–H groups in total. The summed E-state index contributed by atoms with van der Waals surface area (Å²) >= 11 is 0. The lowest BCUT2D eigenvalue weighted by molar-refractivity contribution is -0.390. The molecule has 0 bridgehead atoms. The Labute approximate surface area is 108 Å². The maximum atomic E-state index is 10.7. The van der Waals surface area contributed by atoms with Gasteiger partial charge in [0.05, 0.1) is 11.3 Å². The number of nitro groups is 2. The van der Waals surface area contributed by atoms with Gasteiger partial charge in [-0.05, 0) is 9.85 Å². The predicted molar refractivity (Wildman–Crippen MR) is 58.4 cm³/mol. The summed E-state index contributed by atoms with van der Waals surface area (Å²) < 4.78 is 0.763. The number of hydrogen-bond acceptors (Lipinski definition) is 8. The predicted octanol–water partition coefficient (Wildman–Crippen LogP) is 0.155. The van der Waals surface area contributed by atoms with E-state index >= 15 is 0 Å². The number of aromatic nitrogens is 4. The van der Waals surface area contributed by atoms with Crippen molar-refractivity contribution >= 4 is 11.6 Å². The Morgan fingerprint density at radius 1 is 1.25 bits per heavy atom. The first-order valence-electron chi connectivity index (χ1n) is 4.77. The zero-order chi connectivity index (χ0) is 14.9. The van der Waals surface area contributed by atoms with E-state index in [9.17, 15) is 20.2 Å². The number of hydrogen-bond donors (Lipinski definition) is 1. The second-order valence-corrected chi connectivity index (χ2v) is 3.32. The first-order chi connectivity index (χ1) is 9.49. The topological polar surface area (TPSA) is 180 Å². The van der Waals surface area contributed by atoms with Crippen molar-refractivity contribution in [2.45, 2.75) is 0 Å². The lowest BCUT2D eigenvalue weighted by Gasteiger charge is -1.89. The van der Waals surface area contributed by atoms with Crippen LogP contribution in [0.2, 0.25) is 0 Å². The quantitative estimate of drug-likeness (QED) is 0.606. The number of nitrogens with zero attached hydrogens (tertiary/aromatic N) is 7. The molecule has 0 aromatic carbocycles. The lowest BCUT2D eigenvalue weighted by atomic mass is 10.3. The van der Waals surface area contributed by atoms with Crippen LogP contribution in [0.1, 0.15) is 11.1 Å². The number of H-pyrrole nitrogens is 1. The van der Waals surface area contributed by atoms with E-state index in [0.717, 1.165) is 10.9 Å². The van der Waals surface area contributed by atoms with Gasteiger partial charge in [-0.25, -0.2) is 0 Å². The van der Waals surface area contributed by atoms with Crippen molar-refractivity contribution in [2.24, 2.45) is 0 Å². The summed E-state index contributed by atoms with van der Waals surface area (Å²) in [4.78, 5) is 19.6. The van der Waals surface area contributed by atoms with Crippen LogP contribution in [0.3, 0.4) is 0 Å². The molecule has 20 heavy (non-hydrogen) atoms. The minimum atomic E-state index is -0.887. The van der Waals surface area contributed by atoms with Crippen LogP contribution >= 0.6 is 0 Å². The van der Waals surface area contributed by atoms with Gasteiger partial charge in [-0.3, -0.25) is 0 Å². The van der Waals surface area contributed by atoms with Crippen LogP contribution in [0.5, 0.6) is 0 Å². The summed E-state index contributed by atoms with van der Waals surface area (Å²) in [6.45, 7) is 0. The maximum Gasteiger partial charge on any atom is 0.408 e. The van der Waals surface area contributed by atoms with Crippen LogP contribution < -0.4 is 0 Å². The molecular formula is C8H2N8O4. The van der Waals surface area contributed by atoms with Gasteiger partial charge in [0.1, 0.15) is 12.1 Å². The molecule has 12 heteroatoms. The molecule has 0 spiro atoms. The first kappa shape index (κ1) is 12.7. The summed E-state index contributed by atoms with van der Waals surface area (Å²) in [6, 6.07) is 3.11. The molecule has 0 amide bonds. The summed E-state index contributed by atoms with van der Waals surface area (Å²) in [6.07, 6.45) is 0.957. The third-order valence-corrected chi connectivity index (χ3v) is 2.23. The number of aromatic amines is 1. The summed E-state index contributed by atoms with van der Waals surface area (Å²) in [7, 11) is 0. The zero-order valence-corrected chi connectivity index (χ0v) is 9.34. The Kier molecular flexibility index (Phi) is 2.82. The minimum absolute atomic E-state index is 0.302. The van der Waals surface area contributed by atoms with E-state index < -0.39 is 27.0 Å². The normalized spacial score (nSPS) is 9.70. The molecule has 0 aliphatic rings. The third-order valence-electron chi connectivity index (χ3n) is 2.23. The van der Waals surface area contributed by atoms with Crippen LogP contribution in [-0.4, -0.2) is 29.8 Å². The minimum Gasteiger partial charge on any atom is -0.358 e. The zero-order valence-electron chi connectivity index (χ0n) is 9.34. The highest BCUT2D eigenvalue weighted by molar-refractivity contribution is 5.54. The van der Waals surface area contributed by atoms with Crippen molar-refractivity contribution < 1.29 is 9.85 Å². The van der Waals surface area contributed by atoms with Crippen LogP contribution in [-0.2, 0) is 0 Å². The van der Waals surface area contributed by atoms with Crippen LogP contribution in [0.4, 0.5) is 11.6 Å². The highest BCUT2D eigenvalue weighted by atomic mass is 16.6. The number of nitriles is 2. The Balaban J connectivity index is 2.65. The highest BCUT2D eigenvalue weighted by Gasteiger charge is 2.29. The summed E-state index contributed by atoms with van der Waals surface area (Å²) in [5, 5.41) is 47.9. The van der Waals surface area contributed by atoms with Gasteiger partial charge in [-0.2, -0.15) is 10.5 Å². The molecule has 0 saturated carbocycles. The average Bonchev–Trinajstić information content (AvgIpc) is 3.01. The fraction of sp³-hybridized carbons (Fsp3) is 0. The average molecular weight is 274 g/mol. The Morgan fingerprint density at radius 3 is 2.40 bits per heavy atom. The van der Waals surface area contributed by atoms with E-state index in [4.69, 9.17) is 10.5 Å². The molecule has 2 rings (SSSR count). The van der Waals surface area contributed by atoms with Crippen molar-refractivity contribution in [3.63, 3.8) is 0 Å². The van der Waals surface area contributed by atoms with Gasteiger partial charge >= 0.3 is 11.6 Å². The number of nitrogens with one attached hydrogen (secondary N) is 1. The lowest BCUT2D eigenvalue weighted by Crippen LogP contribution is -1.99. The molecule has 0 radical (unpaired) electrons. The molecule has 0 fully saturated rings. The second-order valence-electron chi connectivity index (χ2n) is 3.32. The Bertz CT molecular complexity index is 804. The molecule has 12 nitrogen and oxygen atoms in total. The van der Waals surface area contributed by atoms with Gasteiger partial charge in [0.15, 0.2) is 11.1 Å². The van der Waals surface area contributed by atoms with Crippen molar-refractivity contribution in [3.8, 4) is 18.0 Å². The van der Waals surface area contributed by atoms with Crippen molar-refractivity contribution in [3.05, 3.63) is 37.6 Å². The largest absolute Gasteiger partial charge is 0.408 e. The molecule has 98 valence electrons. The van der Waals surface area contributed by atoms with E-state index in [0.29, 0.717) is 0 Å². The van der Waals surface area contributed by atoms with E-state index in [1.165, 1.54) is 0 Å². The first-order valence-corrected chi connectivity index (χ1v) is 4.77. The van der Waals surface area contributed by atoms with Crippen LogP contribution in [0.15, 0.2) is 6.20 Å². The van der Waals surface area contributed by atoms with Gasteiger partial charge in [0, 0.05) is 0 Å². The number of rotatable bonds is 3. The van der Waals surface area contributed by atoms with Gasteiger partial charge in [-0.1, -0.05) is 5.10 Å². The maximum absolute atomic E-state index is 10.7. The van der Waals surface area contributed by atoms with Crippen LogP contribution in [0, 0.1) is 42.9 Å². The Hall–Kier alpha value is -3.80. The summed E-state index contributed by atoms with van der Waals surface area (Å²) in [5.41, 5.74) is -0.804. The van der Waals surface area contributed by atoms with Gasteiger partial charge in [0.25, 0.3) is 0 Å². The summed E-state index contributed by atoms with van der Waals surface area (Å²) in [5.74, 6) is -1.70.